The van der Waals surface area contributed by atoms with Crippen molar-refractivity contribution in [2.75, 3.05) is 13.1 Å². The number of carbonyl (C=O) groups excluding carboxylic acids is 1. The standard InChI is InChI=1S/C20H31N3O2/c24-19(9-5-6-16-10-12-21-13-11-16)22-17-7-1-2-8-18(20(17)25)23-14-3-4-15-23/h10-13,17-18,20,25H,1-9,14-15H2,(H,22,24)/t17-,18-,20-/m1/s1. The maximum atomic E-state index is 12.3. The van der Waals surface area contributed by atoms with Crippen LogP contribution in [0.15, 0.2) is 24.5 Å². The Morgan fingerprint density at radius 1 is 1.16 bits per heavy atom. The predicted octanol–water partition coefficient (Wildman–Crippen LogP) is 2.29. The molecule has 0 unspecified atom stereocenters. The maximum Gasteiger partial charge on any atom is 0.220 e. The number of aromatic nitrogens is 1. The molecule has 5 nitrogen and oxygen atoms in total. The van der Waals surface area contributed by atoms with Crippen LogP contribution in [-0.2, 0) is 11.2 Å². The molecule has 5 heteroatoms. The van der Waals surface area contributed by atoms with Gasteiger partial charge < -0.3 is 10.4 Å². The van der Waals surface area contributed by atoms with Crippen molar-refractivity contribution >= 4 is 5.91 Å². The third-order valence-corrected chi connectivity index (χ3v) is 5.65. The highest BCUT2D eigenvalue weighted by Crippen LogP contribution is 2.26. The van der Waals surface area contributed by atoms with Crippen LogP contribution in [-0.4, -0.2) is 52.2 Å². The van der Waals surface area contributed by atoms with Crippen LogP contribution < -0.4 is 5.32 Å². The molecule has 1 aromatic heterocycles. The molecule has 1 saturated carbocycles. The van der Waals surface area contributed by atoms with Gasteiger partial charge in [-0.25, -0.2) is 0 Å². The van der Waals surface area contributed by atoms with E-state index in [1.54, 1.807) is 12.4 Å². The number of hydrogen-bond donors (Lipinski definition) is 2. The van der Waals surface area contributed by atoms with E-state index in [1.165, 1.54) is 18.4 Å². The second kappa shape index (κ2) is 9.30. The van der Waals surface area contributed by atoms with E-state index in [0.29, 0.717) is 6.42 Å². The second-order valence-electron chi connectivity index (χ2n) is 7.47. The van der Waals surface area contributed by atoms with E-state index < -0.39 is 6.10 Å². The number of pyridine rings is 1. The summed E-state index contributed by atoms with van der Waals surface area (Å²) in [6.07, 6.45) is 12.0. The van der Waals surface area contributed by atoms with Gasteiger partial charge in [-0.3, -0.25) is 14.7 Å². The van der Waals surface area contributed by atoms with Gasteiger partial charge in [0.05, 0.1) is 12.1 Å². The molecule has 0 radical (unpaired) electrons. The van der Waals surface area contributed by atoms with Crippen molar-refractivity contribution in [2.45, 2.75) is 76.0 Å². The zero-order chi connectivity index (χ0) is 17.5. The third-order valence-electron chi connectivity index (χ3n) is 5.65. The van der Waals surface area contributed by atoms with Gasteiger partial charge in [-0.05, 0) is 69.3 Å². The Kier molecular flexibility index (Phi) is 6.82. The van der Waals surface area contributed by atoms with E-state index in [2.05, 4.69) is 15.2 Å². The average Bonchev–Trinajstić information content (AvgIpc) is 3.09. The number of nitrogens with one attached hydrogen (secondary N) is 1. The van der Waals surface area contributed by atoms with Crippen molar-refractivity contribution < 1.29 is 9.90 Å². The molecule has 2 N–H and O–H groups in total. The molecule has 138 valence electrons. The van der Waals surface area contributed by atoms with Gasteiger partial charge in [0.2, 0.25) is 5.91 Å². The lowest BCUT2D eigenvalue weighted by Crippen LogP contribution is -2.52. The fourth-order valence-electron chi connectivity index (χ4n) is 4.24. The van der Waals surface area contributed by atoms with Crippen LogP contribution in [0.5, 0.6) is 0 Å². The molecule has 1 aromatic rings. The Bertz CT molecular complexity index is 531. The van der Waals surface area contributed by atoms with Crippen molar-refractivity contribution in [1.29, 1.82) is 0 Å². The molecule has 1 amide bonds. The molecule has 0 spiro atoms. The lowest BCUT2D eigenvalue weighted by molar-refractivity contribution is -0.123. The molecule has 3 rings (SSSR count). The van der Waals surface area contributed by atoms with Crippen molar-refractivity contribution in [3.8, 4) is 0 Å². The molecule has 1 aliphatic heterocycles. The summed E-state index contributed by atoms with van der Waals surface area (Å²) in [5.74, 6) is 0.0696. The average molecular weight is 345 g/mol. The Balaban J connectivity index is 1.47. The molecule has 2 fully saturated rings. The summed E-state index contributed by atoms with van der Waals surface area (Å²) in [6, 6.07) is 4.11. The highest BCUT2D eigenvalue weighted by Gasteiger charge is 2.35. The number of nitrogens with zero attached hydrogens (tertiary/aromatic N) is 2. The minimum atomic E-state index is -0.440. The monoisotopic (exact) mass is 345 g/mol. The number of likely N-dealkylation sites (tertiary alicyclic amines) is 1. The van der Waals surface area contributed by atoms with Crippen molar-refractivity contribution in [3.63, 3.8) is 0 Å². The number of aliphatic hydroxyl groups excluding tert-OH is 1. The first kappa shape index (κ1) is 18.3. The van der Waals surface area contributed by atoms with Crippen molar-refractivity contribution in [3.05, 3.63) is 30.1 Å². The number of rotatable bonds is 6. The van der Waals surface area contributed by atoms with Crippen LogP contribution in [0.3, 0.4) is 0 Å². The zero-order valence-corrected chi connectivity index (χ0v) is 15.1. The number of aryl methyl sites for hydroxylation is 1. The van der Waals surface area contributed by atoms with Gasteiger partial charge in [0.25, 0.3) is 0 Å². The van der Waals surface area contributed by atoms with Gasteiger partial charge in [0.1, 0.15) is 0 Å². The van der Waals surface area contributed by atoms with Crippen molar-refractivity contribution in [1.82, 2.24) is 15.2 Å². The van der Waals surface area contributed by atoms with E-state index in [0.717, 1.165) is 51.6 Å². The first-order chi connectivity index (χ1) is 12.2. The number of amides is 1. The molecule has 1 aliphatic carbocycles. The SMILES string of the molecule is O=C(CCCc1ccncc1)N[C@@H]1CCCC[C@@H](N2CCCC2)[C@@H]1O. The number of aliphatic hydroxyl groups is 1. The number of carbonyl (C=O) groups is 1. The first-order valence-electron chi connectivity index (χ1n) is 9.84. The summed E-state index contributed by atoms with van der Waals surface area (Å²) in [7, 11) is 0. The third kappa shape index (κ3) is 5.25. The van der Waals surface area contributed by atoms with Crippen LogP contribution in [0.4, 0.5) is 0 Å². The first-order valence-corrected chi connectivity index (χ1v) is 9.84. The van der Waals surface area contributed by atoms with Crippen LogP contribution in [0.25, 0.3) is 0 Å². The lowest BCUT2D eigenvalue weighted by Gasteiger charge is -2.34. The van der Waals surface area contributed by atoms with Gasteiger partial charge in [-0.15, -0.1) is 0 Å². The van der Waals surface area contributed by atoms with Crippen LogP contribution in [0.1, 0.15) is 56.9 Å². The molecule has 0 bridgehead atoms. The van der Waals surface area contributed by atoms with E-state index >= 15 is 0 Å². The van der Waals surface area contributed by atoms with E-state index in [-0.39, 0.29) is 18.0 Å². The quantitative estimate of drug-likeness (QED) is 0.777. The molecular formula is C20H31N3O2. The second-order valence-corrected chi connectivity index (χ2v) is 7.47. The fourth-order valence-corrected chi connectivity index (χ4v) is 4.24. The van der Waals surface area contributed by atoms with Crippen LogP contribution in [0, 0.1) is 0 Å². The Labute approximate surface area is 150 Å². The van der Waals surface area contributed by atoms with Gasteiger partial charge in [-0.2, -0.15) is 0 Å². The largest absolute Gasteiger partial charge is 0.389 e. The summed E-state index contributed by atoms with van der Waals surface area (Å²) < 4.78 is 0. The minimum Gasteiger partial charge on any atom is -0.389 e. The molecule has 3 atom stereocenters. The molecular weight excluding hydrogens is 314 g/mol. The molecule has 0 aromatic carbocycles. The highest BCUT2D eigenvalue weighted by molar-refractivity contribution is 5.76. The normalized spacial score (nSPS) is 27.8. The predicted molar refractivity (Wildman–Crippen MR) is 98.2 cm³/mol. The zero-order valence-electron chi connectivity index (χ0n) is 15.1. The Morgan fingerprint density at radius 3 is 2.64 bits per heavy atom. The lowest BCUT2D eigenvalue weighted by atomic mass is 10.00. The van der Waals surface area contributed by atoms with E-state index in [1.807, 2.05) is 12.1 Å². The molecule has 2 heterocycles. The molecule has 1 saturated heterocycles. The summed E-state index contributed by atoms with van der Waals surface area (Å²) in [6.45, 7) is 2.18. The molecule has 2 aliphatic rings. The molecule has 25 heavy (non-hydrogen) atoms. The summed E-state index contributed by atoms with van der Waals surface area (Å²) in [5, 5.41) is 14.0. The van der Waals surface area contributed by atoms with E-state index in [4.69, 9.17) is 0 Å². The van der Waals surface area contributed by atoms with Crippen LogP contribution in [0.2, 0.25) is 0 Å². The maximum absolute atomic E-state index is 12.3. The van der Waals surface area contributed by atoms with Crippen LogP contribution >= 0.6 is 0 Å². The summed E-state index contributed by atoms with van der Waals surface area (Å²) in [4.78, 5) is 18.8. The summed E-state index contributed by atoms with van der Waals surface area (Å²) >= 11 is 0. The van der Waals surface area contributed by atoms with Gasteiger partial charge in [0.15, 0.2) is 0 Å². The van der Waals surface area contributed by atoms with Crippen molar-refractivity contribution in [2.24, 2.45) is 0 Å². The summed E-state index contributed by atoms with van der Waals surface area (Å²) in [5.41, 5.74) is 1.21. The highest BCUT2D eigenvalue weighted by atomic mass is 16.3. The van der Waals surface area contributed by atoms with Gasteiger partial charge in [-0.1, -0.05) is 12.8 Å². The smallest absolute Gasteiger partial charge is 0.220 e. The van der Waals surface area contributed by atoms with Gasteiger partial charge in [0, 0.05) is 24.9 Å². The topological polar surface area (TPSA) is 65.5 Å². The fraction of sp³-hybridized carbons (Fsp3) is 0.700. The van der Waals surface area contributed by atoms with E-state index in [9.17, 15) is 9.90 Å². The number of hydrogen-bond acceptors (Lipinski definition) is 4. The Hall–Kier alpha value is -1.46. The Morgan fingerprint density at radius 2 is 1.88 bits per heavy atom. The minimum absolute atomic E-state index is 0.0696. The van der Waals surface area contributed by atoms with Gasteiger partial charge >= 0.3 is 0 Å².